The molecule has 1 aliphatic heterocycles. The summed E-state index contributed by atoms with van der Waals surface area (Å²) in [6, 6.07) is 9.26. The Bertz CT molecular complexity index is 578. The van der Waals surface area contributed by atoms with E-state index in [2.05, 4.69) is 10.3 Å². The lowest BCUT2D eigenvalue weighted by molar-refractivity contribution is -0.116. The second-order valence-electron chi connectivity index (χ2n) is 4.31. The fourth-order valence-corrected chi connectivity index (χ4v) is 1.97. The van der Waals surface area contributed by atoms with Crippen molar-refractivity contribution < 1.29 is 14.3 Å². The van der Waals surface area contributed by atoms with Crippen LogP contribution in [0.4, 0.5) is 5.69 Å². The third kappa shape index (κ3) is 2.70. The number of aryl methyl sites for hydroxylation is 1. The summed E-state index contributed by atoms with van der Waals surface area (Å²) in [5, 5.41) is 2.85. The van der Waals surface area contributed by atoms with Gasteiger partial charge in [-0.3, -0.25) is 4.79 Å². The molecule has 0 bridgehead atoms. The Morgan fingerprint density at radius 2 is 2.16 bits per heavy atom. The third-order valence-corrected chi connectivity index (χ3v) is 2.94. The van der Waals surface area contributed by atoms with Gasteiger partial charge in [0.2, 0.25) is 12.7 Å². The number of aromatic amines is 1. The Hall–Kier alpha value is -2.43. The predicted octanol–water partition coefficient (Wildman–Crippen LogP) is 2.31. The van der Waals surface area contributed by atoms with E-state index in [9.17, 15) is 4.79 Å². The highest BCUT2D eigenvalue weighted by Gasteiger charge is 2.14. The first-order chi connectivity index (χ1) is 9.31. The van der Waals surface area contributed by atoms with Gasteiger partial charge < -0.3 is 19.8 Å². The van der Waals surface area contributed by atoms with E-state index in [1.165, 1.54) is 0 Å². The lowest BCUT2D eigenvalue weighted by atomic mass is 10.2. The summed E-state index contributed by atoms with van der Waals surface area (Å²) in [5.41, 5.74) is 1.78. The van der Waals surface area contributed by atoms with Gasteiger partial charge in [0.15, 0.2) is 11.5 Å². The molecule has 3 rings (SSSR count). The summed E-state index contributed by atoms with van der Waals surface area (Å²) in [7, 11) is 0. The van der Waals surface area contributed by atoms with Gasteiger partial charge in [0.25, 0.3) is 0 Å². The fraction of sp³-hybridized carbons (Fsp3) is 0.214. The normalized spacial score (nSPS) is 12.4. The van der Waals surface area contributed by atoms with Crippen LogP contribution in [0, 0.1) is 0 Å². The summed E-state index contributed by atoms with van der Waals surface area (Å²) in [6.07, 6.45) is 2.99. The molecule has 0 spiro atoms. The van der Waals surface area contributed by atoms with E-state index in [4.69, 9.17) is 9.47 Å². The molecule has 0 fully saturated rings. The lowest BCUT2D eigenvalue weighted by Crippen LogP contribution is -2.12. The van der Waals surface area contributed by atoms with Gasteiger partial charge in [-0.05, 0) is 30.7 Å². The summed E-state index contributed by atoms with van der Waals surface area (Å²) in [4.78, 5) is 14.9. The van der Waals surface area contributed by atoms with E-state index < -0.39 is 0 Å². The highest BCUT2D eigenvalue weighted by atomic mass is 16.7. The second-order valence-corrected chi connectivity index (χ2v) is 4.31. The first-order valence-electron chi connectivity index (χ1n) is 6.13. The number of carbonyl (C=O) groups is 1. The molecular formula is C14H14N2O3. The molecule has 19 heavy (non-hydrogen) atoms. The molecule has 0 aliphatic carbocycles. The molecule has 2 N–H and O–H groups in total. The van der Waals surface area contributed by atoms with E-state index in [1.54, 1.807) is 18.2 Å². The molecule has 5 heteroatoms. The smallest absolute Gasteiger partial charge is 0.231 e. The number of nitrogens with one attached hydrogen (secondary N) is 2. The number of carbonyl (C=O) groups excluding carboxylic acids is 1. The number of H-pyrrole nitrogens is 1. The molecule has 1 aliphatic rings. The molecule has 2 aromatic rings. The summed E-state index contributed by atoms with van der Waals surface area (Å²) in [6.45, 7) is 0.236. The molecule has 0 saturated heterocycles. The number of anilines is 1. The molecule has 0 unspecified atom stereocenters. The van der Waals surface area contributed by atoms with Crippen LogP contribution in [0.2, 0.25) is 0 Å². The molecule has 0 saturated carbocycles. The molecular weight excluding hydrogens is 244 g/mol. The average Bonchev–Trinajstić information content (AvgIpc) is 3.07. The van der Waals surface area contributed by atoms with Crippen molar-refractivity contribution in [1.82, 2.24) is 4.98 Å². The number of aromatic nitrogens is 1. The van der Waals surface area contributed by atoms with Crippen molar-refractivity contribution in [2.75, 3.05) is 12.1 Å². The maximum Gasteiger partial charge on any atom is 0.231 e. The molecule has 5 nitrogen and oxygen atoms in total. The zero-order chi connectivity index (χ0) is 13.1. The Morgan fingerprint density at radius 1 is 1.26 bits per heavy atom. The zero-order valence-corrected chi connectivity index (χ0v) is 10.3. The molecule has 2 heterocycles. The van der Waals surface area contributed by atoms with E-state index in [-0.39, 0.29) is 12.7 Å². The van der Waals surface area contributed by atoms with Crippen LogP contribution in [0.25, 0.3) is 0 Å². The fourth-order valence-electron chi connectivity index (χ4n) is 1.97. The number of benzene rings is 1. The minimum absolute atomic E-state index is 0.0199. The van der Waals surface area contributed by atoms with Crippen LogP contribution < -0.4 is 14.8 Å². The highest BCUT2D eigenvalue weighted by molar-refractivity contribution is 5.91. The van der Waals surface area contributed by atoms with Crippen molar-refractivity contribution in [3.05, 3.63) is 42.2 Å². The number of hydrogen-bond donors (Lipinski definition) is 2. The molecule has 0 radical (unpaired) electrons. The quantitative estimate of drug-likeness (QED) is 0.884. The highest BCUT2D eigenvalue weighted by Crippen LogP contribution is 2.34. The van der Waals surface area contributed by atoms with Gasteiger partial charge >= 0.3 is 0 Å². The van der Waals surface area contributed by atoms with Crippen molar-refractivity contribution in [1.29, 1.82) is 0 Å². The largest absolute Gasteiger partial charge is 0.454 e. The molecule has 1 amide bonds. The first kappa shape index (κ1) is 11.6. The standard InChI is InChI=1S/C14H14N2O3/c17-14(6-4-10-2-1-7-15-10)16-11-3-5-12-13(8-11)19-9-18-12/h1-3,5,7-8,15H,4,6,9H2,(H,16,17). The van der Waals surface area contributed by atoms with Gasteiger partial charge in [-0.1, -0.05) is 0 Å². The summed E-state index contributed by atoms with van der Waals surface area (Å²) >= 11 is 0. The Balaban J connectivity index is 1.57. The van der Waals surface area contributed by atoms with E-state index in [1.807, 2.05) is 18.3 Å². The predicted molar refractivity (Wildman–Crippen MR) is 70.3 cm³/mol. The van der Waals surface area contributed by atoms with Crippen LogP contribution in [0.1, 0.15) is 12.1 Å². The van der Waals surface area contributed by atoms with Gasteiger partial charge in [-0.2, -0.15) is 0 Å². The van der Waals surface area contributed by atoms with Crippen molar-refractivity contribution >= 4 is 11.6 Å². The second kappa shape index (κ2) is 5.06. The van der Waals surface area contributed by atoms with Crippen LogP contribution in [0.3, 0.4) is 0 Å². The SMILES string of the molecule is O=C(CCc1ccc[nH]1)Nc1ccc2c(c1)OCO2. The van der Waals surface area contributed by atoms with Crippen LogP contribution in [-0.2, 0) is 11.2 Å². The number of ether oxygens (including phenoxy) is 2. The monoisotopic (exact) mass is 258 g/mol. The molecule has 0 atom stereocenters. The van der Waals surface area contributed by atoms with Crippen molar-refractivity contribution in [2.45, 2.75) is 12.8 Å². The van der Waals surface area contributed by atoms with Crippen molar-refractivity contribution in [3.63, 3.8) is 0 Å². The summed E-state index contributed by atoms with van der Waals surface area (Å²) < 4.78 is 10.5. The van der Waals surface area contributed by atoms with Gasteiger partial charge in [-0.25, -0.2) is 0 Å². The Morgan fingerprint density at radius 3 is 3.00 bits per heavy atom. The van der Waals surface area contributed by atoms with Crippen molar-refractivity contribution in [3.8, 4) is 11.5 Å². The maximum atomic E-state index is 11.8. The van der Waals surface area contributed by atoms with Gasteiger partial charge in [-0.15, -0.1) is 0 Å². The van der Waals surface area contributed by atoms with Crippen molar-refractivity contribution in [2.24, 2.45) is 0 Å². The van der Waals surface area contributed by atoms with E-state index in [0.29, 0.717) is 24.3 Å². The Kier molecular flexibility index (Phi) is 3.10. The molecule has 98 valence electrons. The average molecular weight is 258 g/mol. The van der Waals surface area contributed by atoms with E-state index in [0.717, 1.165) is 11.4 Å². The third-order valence-electron chi connectivity index (χ3n) is 2.94. The lowest BCUT2D eigenvalue weighted by Gasteiger charge is -2.05. The van der Waals surface area contributed by atoms with E-state index >= 15 is 0 Å². The Labute approximate surface area is 110 Å². The number of rotatable bonds is 4. The van der Waals surface area contributed by atoms with Gasteiger partial charge in [0.05, 0.1) is 0 Å². The zero-order valence-electron chi connectivity index (χ0n) is 10.3. The van der Waals surface area contributed by atoms with Gasteiger partial charge in [0, 0.05) is 30.1 Å². The van der Waals surface area contributed by atoms with Crippen LogP contribution >= 0.6 is 0 Å². The van der Waals surface area contributed by atoms with Crippen LogP contribution in [0.15, 0.2) is 36.5 Å². The van der Waals surface area contributed by atoms with Crippen LogP contribution in [-0.4, -0.2) is 17.7 Å². The minimum Gasteiger partial charge on any atom is -0.454 e. The number of amides is 1. The van der Waals surface area contributed by atoms with Gasteiger partial charge in [0.1, 0.15) is 0 Å². The minimum atomic E-state index is -0.0199. The maximum absolute atomic E-state index is 11.8. The number of hydrogen-bond acceptors (Lipinski definition) is 3. The number of fused-ring (bicyclic) bond motifs is 1. The molecule has 1 aromatic heterocycles. The summed E-state index contributed by atoms with van der Waals surface area (Å²) in [5.74, 6) is 1.36. The first-order valence-corrected chi connectivity index (χ1v) is 6.13. The molecule has 1 aromatic carbocycles. The van der Waals surface area contributed by atoms with Crippen LogP contribution in [0.5, 0.6) is 11.5 Å². The topological polar surface area (TPSA) is 63.4 Å².